The highest BCUT2D eigenvalue weighted by atomic mass is 19.4. The largest absolute Gasteiger partial charge is 0.573 e. The maximum absolute atomic E-state index is 12.2. The van der Waals surface area contributed by atoms with Gasteiger partial charge in [-0.2, -0.15) is 0 Å². The Hall–Kier alpha value is -1.92. The standard InChI is InChI=1S/C12H14F3N3O/c13-12(14,15)19-10-5-2-1-4-9(10)8-18-11-16-6-3-7-17-11/h1-2,4-5H,3,6-8H2,(H2,16,17,18). The van der Waals surface area contributed by atoms with Gasteiger partial charge in [-0.15, -0.1) is 13.2 Å². The second-order valence-electron chi connectivity index (χ2n) is 4.02. The van der Waals surface area contributed by atoms with Crippen molar-refractivity contribution in [1.82, 2.24) is 10.6 Å². The Morgan fingerprint density at radius 1 is 1.32 bits per heavy atom. The van der Waals surface area contributed by atoms with E-state index in [2.05, 4.69) is 20.4 Å². The summed E-state index contributed by atoms with van der Waals surface area (Å²) in [5.41, 5.74) is 0.426. The molecule has 0 unspecified atom stereocenters. The number of halogens is 3. The summed E-state index contributed by atoms with van der Waals surface area (Å²) in [6.45, 7) is 1.75. The molecule has 1 aromatic rings. The van der Waals surface area contributed by atoms with Crippen LogP contribution in [0.3, 0.4) is 0 Å². The van der Waals surface area contributed by atoms with Gasteiger partial charge in [0, 0.05) is 25.2 Å². The molecular weight excluding hydrogens is 259 g/mol. The van der Waals surface area contributed by atoms with E-state index in [0.717, 1.165) is 19.5 Å². The molecule has 7 heteroatoms. The van der Waals surface area contributed by atoms with Gasteiger partial charge in [0.05, 0.1) is 0 Å². The smallest absolute Gasteiger partial charge is 0.405 e. The van der Waals surface area contributed by atoms with E-state index in [4.69, 9.17) is 0 Å². The summed E-state index contributed by atoms with van der Waals surface area (Å²) in [5, 5.41) is 5.99. The molecule has 1 heterocycles. The zero-order chi connectivity index (χ0) is 13.7. The van der Waals surface area contributed by atoms with Crippen LogP contribution < -0.4 is 15.4 Å². The molecule has 0 aliphatic carbocycles. The van der Waals surface area contributed by atoms with Crippen molar-refractivity contribution in [2.45, 2.75) is 19.3 Å². The fraction of sp³-hybridized carbons (Fsp3) is 0.417. The Morgan fingerprint density at radius 3 is 2.79 bits per heavy atom. The number of hydrogen-bond donors (Lipinski definition) is 2. The fourth-order valence-corrected chi connectivity index (χ4v) is 1.70. The lowest BCUT2D eigenvalue weighted by Crippen LogP contribution is -2.40. The van der Waals surface area contributed by atoms with Gasteiger partial charge in [0.2, 0.25) is 0 Å². The first-order valence-electron chi connectivity index (χ1n) is 5.90. The molecule has 0 fully saturated rings. The number of rotatable bonds is 3. The molecule has 19 heavy (non-hydrogen) atoms. The highest BCUT2D eigenvalue weighted by Crippen LogP contribution is 2.25. The van der Waals surface area contributed by atoms with Gasteiger partial charge in [0.15, 0.2) is 5.96 Å². The topological polar surface area (TPSA) is 45.6 Å². The lowest BCUT2D eigenvalue weighted by molar-refractivity contribution is -0.274. The molecular formula is C12H14F3N3O. The van der Waals surface area contributed by atoms with E-state index < -0.39 is 6.36 Å². The minimum absolute atomic E-state index is 0.195. The Bertz CT molecular complexity index is 460. The fourth-order valence-electron chi connectivity index (χ4n) is 1.70. The van der Waals surface area contributed by atoms with Crippen LogP contribution in [0.2, 0.25) is 0 Å². The van der Waals surface area contributed by atoms with E-state index in [1.807, 2.05) is 0 Å². The third-order valence-electron chi connectivity index (χ3n) is 2.54. The zero-order valence-electron chi connectivity index (χ0n) is 10.1. The van der Waals surface area contributed by atoms with E-state index in [9.17, 15) is 13.2 Å². The van der Waals surface area contributed by atoms with Crippen LogP contribution in [-0.2, 0) is 6.54 Å². The van der Waals surface area contributed by atoms with Crippen LogP contribution in [0.1, 0.15) is 12.0 Å². The summed E-state index contributed by atoms with van der Waals surface area (Å²) in [6, 6.07) is 6.04. The first-order chi connectivity index (χ1) is 9.04. The van der Waals surface area contributed by atoms with Crippen molar-refractivity contribution in [3.8, 4) is 5.75 Å². The van der Waals surface area contributed by atoms with Crippen molar-refractivity contribution < 1.29 is 17.9 Å². The maximum Gasteiger partial charge on any atom is 0.573 e. The molecule has 0 bridgehead atoms. The number of para-hydroxylation sites is 1. The highest BCUT2D eigenvalue weighted by molar-refractivity contribution is 5.80. The van der Waals surface area contributed by atoms with Crippen LogP contribution in [0.15, 0.2) is 29.3 Å². The minimum atomic E-state index is -4.68. The average molecular weight is 273 g/mol. The second kappa shape index (κ2) is 5.81. The van der Waals surface area contributed by atoms with Gasteiger partial charge in [-0.1, -0.05) is 18.2 Å². The lowest BCUT2D eigenvalue weighted by Gasteiger charge is -2.17. The van der Waals surface area contributed by atoms with E-state index in [-0.39, 0.29) is 12.3 Å². The summed E-state index contributed by atoms with van der Waals surface area (Å²) in [4.78, 5) is 4.18. The summed E-state index contributed by atoms with van der Waals surface area (Å²) in [5.74, 6) is 0.409. The molecule has 4 nitrogen and oxygen atoms in total. The van der Waals surface area contributed by atoms with E-state index in [0.29, 0.717) is 11.5 Å². The molecule has 2 rings (SSSR count). The molecule has 0 aromatic heterocycles. The number of aliphatic imine (C=N–C) groups is 1. The number of guanidine groups is 1. The quantitative estimate of drug-likeness (QED) is 0.885. The normalized spacial score (nSPS) is 15.4. The number of nitrogens with one attached hydrogen (secondary N) is 2. The molecule has 0 saturated heterocycles. The molecule has 1 aliphatic rings. The van der Waals surface area contributed by atoms with Gasteiger partial charge in [-0.05, 0) is 12.5 Å². The predicted octanol–water partition coefficient (Wildman–Crippen LogP) is 2.02. The van der Waals surface area contributed by atoms with Crippen LogP contribution in [0, 0.1) is 0 Å². The Morgan fingerprint density at radius 2 is 2.11 bits per heavy atom. The van der Waals surface area contributed by atoms with E-state index >= 15 is 0 Å². The second-order valence-corrected chi connectivity index (χ2v) is 4.02. The SMILES string of the molecule is FC(F)(F)Oc1ccccc1CNC1=NCCCN1. The Kier molecular flexibility index (Phi) is 4.13. The molecule has 0 atom stereocenters. The van der Waals surface area contributed by atoms with Gasteiger partial charge >= 0.3 is 6.36 Å². The van der Waals surface area contributed by atoms with Crippen molar-refractivity contribution in [1.29, 1.82) is 0 Å². The predicted molar refractivity (Wildman–Crippen MR) is 64.9 cm³/mol. The molecule has 0 saturated carbocycles. The Labute approximate surface area is 108 Å². The van der Waals surface area contributed by atoms with Crippen LogP contribution in [0.5, 0.6) is 5.75 Å². The average Bonchev–Trinajstić information content (AvgIpc) is 2.37. The van der Waals surface area contributed by atoms with Crippen molar-refractivity contribution in [3.05, 3.63) is 29.8 Å². The number of nitrogens with zero attached hydrogens (tertiary/aromatic N) is 1. The zero-order valence-corrected chi connectivity index (χ0v) is 10.1. The summed E-state index contributed by atoms with van der Waals surface area (Å²) in [6.07, 6.45) is -3.73. The highest BCUT2D eigenvalue weighted by Gasteiger charge is 2.31. The number of benzene rings is 1. The summed E-state index contributed by atoms with van der Waals surface area (Å²) in [7, 11) is 0. The molecule has 104 valence electrons. The van der Waals surface area contributed by atoms with Crippen molar-refractivity contribution in [3.63, 3.8) is 0 Å². The maximum atomic E-state index is 12.2. The van der Waals surface area contributed by atoms with Crippen LogP contribution in [0.25, 0.3) is 0 Å². The third kappa shape index (κ3) is 4.35. The van der Waals surface area contributed by atoms with Crippen molar-refractivity contribution in [2.24, 2.45) is 4.99 Å². The number of hydrogen-bond acceptors (Lipinski definition) is 4. The minimum Gasteiger partial charge on any atom is -0.405 e. The molecule has 2 N–H and O–H groups in total. The van der Waals surface area contributed by atoms with Crippen molar-refractivity contribution in [2.75, 3.05) is 13.1 Å². The van der Waals surface area contributed by atoms with E-state index in [1.165, 1.54) is 12.1 Å². The van der Waals surface area contributed by atoms with Crippen molar-refractivity contribution >= 4 is 5.96 Å². The van der Waals surface area contributed by atoms with Gasteiger partial charge in [-0.3, -0.25) is 4.99 Å². The van der Waals surface area contributed by atoms with Crippen LogP contribution in [-0.4, -0.2) is 25.4 Å². The summed E-state index contributed by atoms with van der Waals surface area (Å²) >= 11 is 0. The molecule has 0 amide bonds. The van der Waals surface area contributed by atoms with Gasteiger partial charge in [-0.25, -0.2) is 0 Å². The van der Waals surface area contributed by atoms with E-state index in [1.54, 1.807) is 12.1 Å². The molecule has 0 radical (unpaired) electrons. The lowest BCUT2D eigenvalue weighted by atomic mass is 10.2. The third-order valence-corrected chi connectivity index (χ3v) is 2.54. The first-order valence-corrected chi connectivity index (χ1v) is 5.90. The Balaban J connectivity index is 2.01. The number of ether oxygens (including phenoxy) is 1. The van der Waals surface area contributed by atoms with Crippen LogP contribution in [0.4, 0.5) is 13.2 Å². The monoisotopic (exact) mass is 273 g/mol. The first kappa shape index (κ1) is 13.5. The van der Waals surface area contributed by atoms with Crippen LogP contribution >= 0.6 is 0 Å². The molecule has 1 aromatic carbocycles. The van der Waals surface area contributed by atoms with Gasteiger partial charge < -0.3 is 15.4 Å². The molecule has 1 aliphatic heterocycles. The van der Waals surface area contributed by atoms with Gasteiger partial charge in [0.1, 0.15) is 5.75 Å². The summed E-state index contributed by atoms with van der Waals surface area (Å²) < 4.78 is 40.7. The van der Waals surface area contributed by atoms with Gasteiger partial charge in [0.25, 0.3) is 0 Å². The number of alkyl halides is 3. The molecule has 0 spiro atoms.